The molecule has 1 N–H and O–H groups in total. The van der Waals surface area contributed by atoms with E-state index in [0.29, 0.717) is 23.4 Å². The molecule has 3 aromatic rings. The van der Waals surface area contributed by atoms with Gasteiger partial charge < -0.3 is 9.88 Å². The van der Waals surface area contributed by atoms with Crippen molar-refractivity contribution in [2.75, 3.05) is 18.4 Å². The molecule has 1 unspecified atom stereocenters. The van der Waals surface area contributed by atoms with Gasteiger partial charge in [-0.05, 0) is 31.2 Å². The smallest absolute Gasteiger partial charge is 0.238 e. The molecular formula is C23H23N3O2. The molecule has 2 aromatic carbocycles. The first kappa shape index (κ1) is 18.2. The predicted octanol–water partition coefficient (Wildman–Crippen LogP) is 3.73. The first-order valence-electron chi connectivity index (χ1n) is 9.51. The quantitative estimate of drug-likeness (QED) is 0.693. The van der Waals surface area contributed by atoms with E-state index in [2.05, 4.69) is 34.0 Å². The Hall–Kier alpha value is -3.18. The molecule has 0 spiro atoms. The second-order valence-corrected chi connectivity index (χ2v) is 7.06. The number of benzene rings is 2. The fraction of sp³-hybridized carbons (Fsp3) is 0.217. The second kappa shape index (κ2) is 7.82. The van der Waals surface area contributed by atoms with E-state index in [0.717, 1.165) is 13.1 Å². The van der Waals surface area contributed by atoms with Gasteiger partial charge in [0.15, 0.2) is 5.78 Å². The maximum atomic E-state index is 12.8. The van der Waals surface area contributed by atoms with Gasteiger partial charge in [-0.1, -0.05) is 42.5 Å². The molecule has 0 saturated carbocycles. The third-order valence-corrected chi connectivity index (χ3v) is 5.30. The number of hydrogen-bond donors (Lipinski definition) is 1. The fourth-order valence-corrected chi connectivity index (χ4v) is 3.75. The highest BCUT2D eigenvalue weighted by atomic mass is 16.2. The van der Waals surface area contributed by atoms with E-state index < -0.39 is 0 Å². The van der Waals surface area contributed by atoms with E-state index in [9.17, 15) is 9.59 Å². The molecule has 1 aliphatic rings. The SMILES string of the molecule is CC1c2cccn2CCN1CC(=O)Nc1ccccc1C(=O)c1ccccc1. The van der Waals surface area contributed by atoms with Gasteiger partial charge in [0.25, 0.3) is 0 Å². The van der Waals surface area contributed by atoms with E-state index in [1.807, 2.05) is 36.4 Å². The molecule has 28 heavy (non-hydrogen) atoms. The van der Waals surface area contributed by atoms with Gasteiger partial charge in [0.05, 0.1) is 12.2 Å². The molecule has 0 saturated heterocycles. The number of carbonyl (C=O) groups is 2. The Morgan fingerprint density at radius 3 is 2.54 bits per heavy atom. The van der Waals surface area contributed by atoms with Crippen molar-refractivity contribution < 1.29 is 9.59 Å². The summed E-state index contributed by atoms with van der Waals surface area (Å²) in [6.45, 7) is 4.11. The number of hydrogen-bond acceptors (Lipinski definition) is 3. The van der Waals surface area contributed by atoms with Crippen LogP contribution in [0.25, 0.3) is 0 Å². The van der Waals surface area contributed by atoms with E-state index in [1.165, 1.54) is 5.69 Å². The van der Waals surface area contributed by atoms with Crippen LogP contribution >= 0.6 is 0 Å². The molecule has 1 aromatic heterocycles. The summed E-state index contributed by atoms with van der Waals surface area (Å²) < 4.78 is 2.23. The van der Waals surface area contributed by atoms with Crippen molar-refractivity contribution in [1.29, 1.82) is 0 Å². The van der Waals surface area contributed by atoms with Gasteiger partial charge in [-0.2, -0.15) is 0 Å². The molecule has 0 radical (unpaired) electrons. The minimum absolute atomic E-state index is 0.0966. The van der Waals surface area contributed by atoms with Gasteiger partial charge in [0, 0.05) is 42.1 Å². The Kier molecular flexibility index (Phi) is 5.08. The standard InChI is InChI=1S/C23H23N3O2/c1-17-21-12-7-13-25(21)14-15-26(17)16-22(27)24-20-11-6-5-10-19(20)23(28)18-8-3-2-4-9-18/h2-13,17H,14-16H2,1H3,(H,24,27). The highest BCUT2D eigenvalue weighted by Gasteiger charge is 2.25. The number of anilines is 1. The monoisotopic (exact) mass is 373 g/mol. The molecule has 142 valence electrons. The fourth-order valence-electron chi connectivity index (χ4n) is 3.75. The van der Waals surface area contributed by atoms with Crippen LogP contribution in [0.2, 0.25) is 0 Å². The Bertz CT molecular complexity index is 994. The van der Waals surface area contributed by atoms with Crippen LogP contribution in [0.4, 0.5) is 5.69 Å². The number of amides is 1. The molecule has 5 heteroatoms. The lowest BCUT2D eigenvalue weighted by atomic mass is 10.0. The summed E-state index contributed by atoms with van der Waals surface area (Å²) >= 11 is 0. The lowest BCUT2D eigenvalue weighted by Gasteiger charge is -2.34. The highest BCUT2D eigenvalue weighted by Crippen LogP contribution is 2.25. The number of para-hydroxylation sites is 1. The molecule has 0 fully saturated rings. The maximum absolute atomic E-state index is 12.8. The van der Waals surface area contributed by atoms with Crippen LogP contribution in [-0.4, -0.2) is 34.2 Å². The van der Waals surface area contributed by atoms with E-state index >= 15 is 0 Å². The average molecular weight is 373 g/mol. The topological polar surface area (TPSA) is 54.3 Å². The number of fused-ring (bicyclic) bond motifs is 1. The van der Waals surface area contributed by atoms with Crippen LogP contribution in [0.3, 0.4) is 0 Å². The summed E-state index contributed by atoms with van der Waals surface area (Å²) in [7, 11) is 0. The van der Waals surface area contributed by atoms with Crippen molar-refractivity contribution in [3.05, 3.63) is 89.7 Å². The Labute approximate surface area is 164 Å². The molecule has 0 aliphatic carbocycles. The van der Waals surface area contributed by atoms with Crippen molar-refractivity contribution in [3.8, 4) is 0 Å². The summed E-state index contributed by atoms with van der Waals surface area (Å²) in [5, 5.41) is 2.94. The zero-order chi connectivity index (χ0) is 19.5. The van der Waals surface area contributed by atoms with Crippen molar-refractivity contribution in [3.63, 3.8) is 0 Å². The normalized spacial score (nSPS) is 16.4. The van der Waals surface area contributed by atoms with Crippen LogP contribution in [0.5, 0.6) is 0 Å². The lowest BCUT2D eigenvalue weighted by molar-refractivity contribution is -0.118. The van der Waals surface area contributed by atoms with Crippen molar-refractivity contribution in [2.24, 2.45) is 0 Å². The molecule has 1 aliphatic heterocycles. The van der Waals surface area contributed by atoms with Gasteiger partial charge >= 0.3 is 0 Å². The van der Waals surface area contributed by atoms with Gasteiger partial charge in [-0.25, -0.2) is 0 Å². The van der Waals surface area contributed by atoms with E-state index in [1.54, 1.807) is 24.3 Å². The summed E-state index contributed by atoms with van der Waals surface area (Å²) in [5.74, 6) is -0.208. The van der Waals surface area contributed by atoms with Crippen LogP contribution < -0.4 is 5.32 Å². The molecule has 0 bridgehead atoms. The first-order valence-corrected chi connectivity index (χ1v) is 9.51. The van der Waals surface area contributed by atoms with Crippen molar-refractivity contribution in [2.45, 2.75) is 19.5 Å². The minimum Gasteiger partial charge on any atom is -0.349 e. The van der Waals surface area contributed by atoms with E-state index in [-0.39, 0.29) is 17.7 Å². The second-order valence-electron chi connectivity index (χ2n) is 7.06. The minimum atomic E-state index is -0.111. The number of nitrogens with one attached hydrogen (secondary N) is 1. The van der Waals surface area contributed by atoms with Crippen LogP contribution in [0.15, 0.2) is 72.9 Å². The third-order valence-electron chi connectivity index (χ3n) is 5.30. The highest BCUT2D eigenvalue weighted by molar-refractivity contribution is 6.13. The predicted molar refractivity (Wildman–Crippen MR) is 109 cm³/mol. The first-order chi connectivity index (χ1) is 13.6. The van der Waals surface area contributed by atoms with Gasteiger partial charge in [-0.15, -0.1) is 0 Å². The molecule has 1 amide bonds. The third kappa shape index (κ3) is 3.62. The van der Waals surface area contributed by atoms with Crippen LogP contribution in [0.1, 0.15) is 34.6 Å². The molecule has 1 atom stereocenters. The number of ketones is 1. The maximum Gasteiger partial charge on any atom is 0.238 e. The largest absolute Gasteiger partial charge is 0.349 e. The Morgan fingerprint density at radius 1 is 0.964 bits per heavy atom. The van der Waals surface area contributed by atoms with Gasteiger partial charge in [-0.3, -0.25) is 14.5 Å². The zero-order valence-electron chi connectivity index (χ0n) is 15.8. The zero-order valence-corrected chi connectivity index (χ0v) is 15.8. The number of aromatic nitrogens is 1. The van der Waals surface area contributed by atoms with Crippen LogP contribution in [-0.2, 0) is 11.3 Å². The number of nitrogens with zero attached hydrogens (tertiary/aromatic N) is 2. The number of carbonyl (C=O) groups excluding carboxylic acids is 2. The van der Waals surface area contributed by atoms with Crippen molar-refractivity contribution in [1.82, 2.24) is 9.47 Å². The van der Waals surface area contributed by atoms with Crippen molar-refractivity contribution >= 4 is 17.4 Å². The molecular weight excluding hydrogens is 350 g/mol. The molecule has 4 rings (SSSR count). The van der Waals surface area contributed by atoms with Gasteiger partial charge in [0.2, 0.25) is 5.91 Å². The molecule has 5 nitrogen and oxygen atoms in total. The average Bonchev–Trinajstić information content (AvgIpc) is 3.20. The van der Waals surface area contributed by atoms with Crippen LogP contribution in [0, 0.1) is 0 Å². The van der Waals surface area contributed by atoms with Gasteiger partial charge in [0.1, 0.15) is 0 Å². The summed E-state index contributed by atoms with van der Waals surface area (Å²) in [5.41, 5.74) is 2.88. The summed E-state index contributed by atoms with van der Waals surface area (Å²) in [6, 6.07) is 20.6. The van der Waals surface area contributed by atoms with E-state index in [4.69, 9.17) is 0 Å². The summed E-state index contributed by atoms with van der Waals surface area (Å²) in [6.07, 6.45) is 2.08. The Balaban J connectivity index is 1.48. The summed E-state index contributed by atoms with van der Waals surface area (Å²) in [4.78, 5) is 27.7. The lowest BCUT2D eigenvalue weighted by Crippen LogP contribution is -2.41. The molecule has 2 heterocycles. The number of rotatable bonds is 5. The Morgan fingerprint density at radius 2 is 1.71 bits per heavy atom.